The number of anilines is 1. The highest BCUT2D eigenvalue weighted by molar-refractivity contribution is 6.08. The molecule has 1 heterocycles. The van der Waals surface area contributed by atoms with Crippen molar-refractivity contribution in [3.8, 4) is 11.5 Å². The van der Waals surface area contributed by atoms with Crippen LogP contribution < -0.4 is 14.4 Å². The minimum absolute atomic E-state index is 0.0188. The maximum atomic E-state index is 13.7. The SMILES string of the molecule is COc1ccc(C2CC(=O)N(c3cc([N+](=O)[O-])ccc3C)C3=C2C(=O)CC(C)(C)C3)c(OC)c1. The van der Waals surface area contributed by atoms with Crippen LogP contribution in [0.2, 0.25) is 0 Å². The number of aryl methyl sites for hydroxylation is 1. The van der Waals surface area contributed by atoms with E-state index in [0.717, 1.165) is 11.1 Å². The zero-order valence-corrected chi connectivity index (χ0v) is 20.0. The van der Waals surface area contributed by atoms with Gasteiger partial charge in [0.15, 0.2) is 5.78 Å². The summed E-state index contributed by atoms with van der Waals surface area (Å²) in [4.78, 5) is 39.7. The van der Waals surface area contributed by atoms with Gasteiger partial charge in [0.1, 0.15) is 11.5 Å². The number of carbonyl (C=O) groups excluding carboxylic acids is 2. The van der Waals surface area contributed by atoms with E-state index >= 15 is 0 Å². The van der Waals surface area contributed by atoms with Crippen LogP contribution in [0.3, 0.4) is 0 Å². The number of methoxy groups -OCH3 is 2. The standard InChI is InChI=1S/C26H28N2O6/c1-15-6-7-16(28(31)32)10-20(15)27-21-13-26(2,3)14-22(29)25(21)19(12-24(27)30)18-9-8-17(33-4)11-23(18)34-5/h6-11,19H,12-14H2,1-5H3. The molecule has 1 aliphatic carbocycles. The van der Waals surface area contributed by atoms with Crippen molar-refractivity contribution in [1.29, 1.82) is 0 Å². The van der Waals surface area contributed by atoms with E-state index in [1.807, 2.05) is 19.9 Å². The van der Waals surface area contributed by atoms with Gasteiger partial charge in [-0.15, -0.1) is 0 Å². The Morgan fingerprint density at radius 1 is 1.06 bits per heavy atom. The molecule has 0 spiro atoms. The molecule has 2 aromatic rings. The zero-order chi connectivity index (χ0) is 24.8. The topological polar surface area (TPSA) is 99.0 Å². The van der Waals surface area contributed by atoms with E-state index in [0.29, 0.717) is 41.3 Å². The summed E-state index contributed by atoms with van der Waals surface area (Å²) < 4.78 is 10.9. The maximum absolute atomic E-state index is 13.7. The molecule has 0 saturated carbocycles. The molecular formula is C26H28N2O6. The summed E-state index contributed by atoms with van der Waals surface area (Å²) in [5, 5.41) is 11.4. The number of ketones is 1. The smallest absolute Gasteiger partial charge is 0.271 e. The molecule has 2 aliphatic rings. The Morgan fingerprint density at radius 3 is 2.44 bits per heavy atom. The van der Waals surface area contributed by atoms with Gasteiger partial charge in [-0.2, -0.15) is 0 Å². The second-order valence-corrected chi connectivity index (χ2v) is 9.62. The Bertz CT molecular complexity index is 1230. The predicted octanol–water partition coefficient (Wildman–Crippen LogP) is 5.08. The van der Waals surface area contributed by atoms with Gasteiger partial charge in [-0.1, -0.05) is 26.0 Å². The number of Topliss-reactive ketones (excluding diaryl/α,β-unsaturated/α-hetero) is 1. The van der Waals surface area contributed by atoms with Crippen LogP contribution in [0.15, 0.2) is 47.7 Å². The lowest BCUT2D eigenvalue weighted by Crippen LogP contribution is -2.44. The molecule has 178 valence electrons. The van der Waals surface area contributed by atoms with E-state index in [2.05, 4.69) is 0 Å². The van der Waals surface area contributed by atoms with E-state index in [1.54, 1.807) is 39.3 Å². The molecule has 2 aromatic carbocycles. The summed E-state index contributed by atoms with van der Waals surface area (Å²) in [5.41, 5.74) is 2.65. The van der Waals surface area contributed by atoms with E-state index in [9.17, 15) is 19.7 Å². The Hall–Kier alpha value is -3.68. The molecule has 8 nitrogen and oxygen atoms in total. The molecule has 4 rings (SSSR count). The van der Waals surface area contributed by atoms with Crippen LogP contribution in [0.1, 0.15) is 50.2 Å². The van der Waals surface area contributed by atoms with Crippen molar-refractivity contribution < 1.29 is 24.0 Å². The van der Waals surface area contributed by atoms with E-state index < -0.39 is 10.8 Å². The molecule has 0 aromatic heterocycles. The molecule has 1 aliphatic heterocycles. The quantitative estimate of drug-likeness (QED) is 0.452. The Morgan fingerprint density at radius 2 is 1.79 bits per heavy atom. The molecule has 1 amide bonds. The first kappa shape index (κ1) is 23.5. The lowest BCUT2D eigenvalue weighted by molar-refractivity contribution is -0.384. The molecule has 8 heteroatoms. The van der Waals surface area contributed by atoms with Crippen molar-refractivity contribution >= 4 is 23.1 Å². The lowest BCUT2D eigenvalue weighted by atomic mass is 9.69. The van der Waals surface area contributed by atoms with Crippen molar-refractivity contribution in [2.45, 2.75) is 46.0 Å². The lowest BCUT2D eigenvalue weighted by Gasteiger charge is -2.43. The van der Waals surface area contributed by atoms with Gasteiger partial charge in [0.2, 0.25) is 5.91 Å². The normalized spacial score (nSPS) is 19.7. The van der Waals surface area contributed by atoms with Crippen molar-refractivity contribution in [1.82, 2.24) is 0 Å². The second kappa shape index (κ2) is 8.59. The van der Waals surface area contributed by atoms with Crippen LogP contribution >= 0.6 is 0 Å². The summed E-state index contributed by atoms with van der Waals surface area (Å²) in [6.07, 6.45) is 0.906. The number of non-ortho nitro benzene ring substituents is 1. The Labute approximate surface area is 198 Å². The molecule has 34 heavy (non-hydrogen) atoms. The van der Waals surface area contributed by atoms with Gasteiger partial charge < -0.3 is 9.47 Å². The third-order valence-corrected chi connectivity index (χ3v) is 6.60. The van der Waals surface area contributed by atoms with Crippen molar-refractivity contribution in [3.63, 3.8) is 0 Å². The Kier molecular flexibility index (Phi) is 5.93. The monoisotopic (exact) mass is 464 g/mol. The number of hydrogen-bond donors (Lipinski definition) is 0. The highest BCUT2D eigenvalue weighted by Gasteiger charge is 2.45. The number of nitro groups is 1. The minimum atomic E-state index is -0.479. The number of ether oxygens (including phenoxy) is 2. The maximum Gasteiger partial charge on any atom is 0.271 e. The molecule has 1 atom stereocenters. The largest absolute Gasteiger partial charge is 0.497 e. The van der Waals surface area contributed by atoms with Crippen LogP contribution in [0.4, 0.5) is 11.4 Å². The number of nitrogens with zero attached hydrogens (tertiary/aromatic N) is 2. The van der Waals surface area contributed by atoms with Crippen molar-refractivity contribution in [3.05, 3.63) is 68.9 Å². The number of benzene rings is 2. The van der Waals surface area contributed by atoms with Gasteiger partial charge >= 0.3 is 0 Å². The van der Waals surface area contributed by atoms with Crippen LogP contribution in [0, 0.1) is 22.5 Å². The van der Waals surface area contributed by atoms with Crippen LogP contribution in [0.5, 0.6) is 11.5 Å². The van der Waals surface area contributed by atoms with Crippen LogP contribution in [-0.4, -0.2) is 30.8 Å². The molecule has 0 fully saturated rings. The van der Waals surface area contributed by atoms with Crippen LogP contribution in [0.25, 0.3) is 0 Å². The average Bonchev–Trinajstić information content (AvgIpc) is 2.77. The summed E-state index contributed by atoms with van der Waals surface area (Å²) in [7, 11) is 3.11. The van der Waals surface area contributed by atoms with Crippen molar-refractivity contribution in [2.75, 3.05) is 19.1 Å². The van der Waals surface area contributed by atoms with Crippen molar-refractivity contribution in [2.24, 2.45) is 5.41 Å². The number of amides is 1. The van der Waals surface area contributed by atoms with Gasteiger partial charge in [-0.05, 0) is 30.4 Å². The molecule has 0 radical (unpaired) electrons. The molecule has 0 bridgehead atoms. The van der Waals surface area contributed by atoms with Gasteiger partial charge in [0.05, 0.1) is 24.8 Å². The Balaban J connectivity index is 1.94. The van der Waals surface area contributed by atoms with Gasteiger partial charge in [-0.25, -0.2) is 0 Å². The number of carbonyl (C=O) groups is 2. The molecule has 0 saturated heterocycles. The molecular weight excluding hydrogens is 436 g/mol. The summed E-state index contributed by atoms with van der Waals surface area (Å²) in [6, 6.07) is 9.84. The first-order chi connectivity index (χ1) is 16.1. The molecule has 1 unspecified atom stereocenters. The fourth-order valence-electron chi connectivity index (χ4n) is 5.02. The number of allylic oxidation sites excluding steroid dienone is 2. The molecule has 0 N–H and O–H groups in total. The predicted molar refractivity (Wildman–Crippen MR) is 127 cm³/mol. The van der Waals surface area contributed by atoms with E-state index in [4.69, 9.17) is 9.47 Å². The minimum Gasteiger partial charge on any atom is -0.497 e. The first-order valence-electron chi connectivity index (χ1n) is 11.1. The van der Waals surface area contributed by atoms with Gasteiger partial charge in [0, 0.05) is 53.8 Å². The zero-order valence-electron chi connectivity index (χ0n) is 20.0. The fourth-order valence-corrected chi connectivity index (χ4v) is 5.02. The summed E-state index contributed by atoms with van der Waals surface area (Å²) in [5.74, 6) is 0.455. The summed E-state index contributed by atoms with van der Waals surface area (Å²) in [6.45, 7) is 5.80. The van der Waals surface area contributed by atoms with Gasteiger partial charge in [0.25, 0.3) is 5.69 Å². The van der Waals surface area contributed by atoms with Gasteiger partial charge in [-0.3, -0.25) is 24.6 Å². The van der Waals surface area contributed by atoms with Crippen LogP contribution in [-0.2, 0) is 9.59 Å². The van der Waals surface area contributed by atoms with E-state index in [1.165, 1.54) is 17.0 Å². The highest BCUT2D eigenvalue weighted by Crippen LogP contribution is 2.50. The third kappa shape index (κ3) is 4.04. The third-order valence-electron chi connectivity index (χ3n) is 6.60. The first-order valence-corrected chi connectivity index (χ1v) is 11.1. The summed E-state index contributed by atoms with van der Waals surface area (Å²) >= 11 is 0. The average molecular weight is 465 g/mol. The number of rotatable bonds is 5. The highest BCUT2D eigenvalue weighted by atomic mass is 16.6. The second-order valence-electron chi connectivity index (χ2n) is 9.62. The van der Waals surface area contributed by atoms with E-state index in [-0.39, 0.29) is 29.2 Å². The fraction of sp³-hybridized carbons (Fsp3) is 0.385. The number of nitro benzene ring substituents is 1. The number of hydrogen-bond acceptors (Lipinski definition) is 6.